The van der Waals surface area contributed by atoms with Gasteiger partial charge in [-0.1, -0.05) is 41.6 Å². The van der Waals surface area contributed by atoms with E-state index in [0.29, 0.717) is 11.7 Å². The van der Waals surface area contributed by atoms with Crippen LogP contribution in [0.3, 0.4) is 0 Å². The minimum absolute atomic E-state index is 0.356. The molecule has 0 N–H and O–H groups in total. The van der Waals surface area contributed by atoms with Gasteiger partial charge in [-0.3, -0.25) is 9.88 Å². The number of hydrogen-bond acceptors (Lipinski definition) is 5. The maximum absolute atomic E-state index is 5.52. The summed E-state index contributed by atoms with van der Waals surface area (Å²) in [7, 11) is 0. The fourth-order valence-corrected chi connectivity index (χ4v) is 3.16. The molecule has 0 aliphatic carbocycles. The molecule has 0 unspecified atom stereocenters. The van der Waals surface area contributed by atoms with E-state index in [-0.39, 0.29) is 0 Å². The summed E-state index contributed by atoms with van der Waals surface area (Å²) >= 11 is 0. The van der Waals surface area contributed by atoms with Crippen LogP contribution >= 0.6 is 0 Å². The summed E-state index contributed by atoms with van der Waals surface area (Å²) in [5, 5.41) is 4.14. The van der Waals surface area contributed by atoms with Crippen LogP contribution in [0.2, 0.25) is 0 Å². The second-order valence-corrected chi connectivity index (χ2v) is 6.19. The normalized spacial score (nSPS) is 16.3. The van der Waals surface area contributed by atoms with Crippen molar-refractivity contribution in [1.29, 1.82) is 0 Å². The fraction of sp³-hybridized carbons (Fsp3) is 0.316. The maximum Gasteiger partial charge on any atom is 0.230 e. The molecule has 0 amide bonds. The van der Waals surface area contributed by atoms with Crippen LogP contribution in [0.4, 0.5) is 0 Å². The Hall–Kier alpha value is -2.53. The first-order valence-corrected chi connectivity index (χ1v) is 8.40. The van der Waals surface area contributed by atoms with Gasteiger partial charge in [-0.15, -0.1) is 0 Å². The Kier molecular flexibility index (Phi) is 4.34. The van der Waals surface area contributed by atoms with E-state index in [1.54, 1.807) is 0 Å². The lowest BCUT2D eigenvalue weighted by Gasteiger charge is -2.29. The third-order valence-corrected chi connectivity index (χ3v) is 4.52. The summed E-state index contributed by atoms with van der Waals surface area (Å²) in [6.07, 6.45) is 3.94. The lowest BCUT2D eigenvalue weighted by Crippen LogP contribution is -2.32. The highest BCUT2D eigenvalue weighted by Gasteiger charge is 2.25. The van der Waals surface area contributed by atoms with E-state index in [4.69, 9.17) is 4.52 Å². The molecule has 4 rings (SSSR count). The summed E-state index contributed by atoms with van der Waals surface area (Å²) in [6, 6.07) is 16.0. The van der Waals surface area contributed by atoms with Crippen molar-refractivity contribution in [3.05, 3.63) is 66.3 Å². The van der Waals surface area contributed by atoms with Gasteiger partial charge in [0, 0.05) is 24.2 Å². The molecule has 0 atom stereocenters. The van der Waals surface area contributed by atoms with E-state index < -0.39 is 0 Å². The molecular formula is C19H20N4O. The van der Waals surface area contributed by atoms with Crippen molar-refractivity contribution in [1.82, 2.24) is 20.0 Å². The summed E-state index contributed by atoms with van der Waals surface area (Å²) in [5.41, 5.74) is 2.13. The highest BCUT2D eigenvalue weighted by Crippen LogP contribution is 2.28. The van der Waals surface area contributed by atoms with Gasteiger partial charge in [0.25, 0.3) is 0 Å². The molecule has 1 fully saturated rings. The molecule has 0 spiro atoms. The predicted molar refractivity (Wildman–Crippen MR) is 91.2 cm³/mol. The third-order valence-electron chi connectivity index (χ3n) is 4.52. The van der Waals surface area contributed by atoms with Crippen LogP contribution in [0.5, 0.6) is 0 Å². The third kappa shape index (κ3) is 3.36. The van der Waals surface area contributed by atoms with Crippen molar-refractivity contribution in [2.45, 2.75) is 25.3 Å². The smallest absolute Gasteiger partial charge is 0.230 e. The number of benzene rings is 1. The molecule has 1 saturated heterocycles. The molecule has 0 saturated carbocycles. The van der Waals surface area contributed by atoms with Crippen LogP contribution in [0, 0.1) is 0 Å². The van der Waals surface area contributed by atoms with Gasteiger partial charge < -0.3 is 4.52 Å². The van der Waals surface area contributed by atoms with Gasteiger partial charge in [-0.25, -0.2) is 0 Å². The topological polar surface area (TPSA) is 55.1 Å². The Morgan fingerprint density at radius 3 is 2.54 bits per heavy atom. The van der Waals surface area contributed by atoms with Gasteiger partial charge in [-0.05, 0) is 38.1 Å². The lowest BCUT2D eigenvalue weighted by atomic mass is 9.96. The van der Waals surface area contributed by atoms with E-state index in [9.17, 15) is 0 Å². The zero-order valence-electron chi connectivity index (χ0n) is 13.5. The second kappa shape index (κ2) is 6.93. The van der Waals surface area contributed by atoms with Crippen LogP contribution in [0.25, 0.3) is 11.4 Å². The van der Waals surface area contributed by atoms with Crippen LogP contribution in [-0.2, 0) is 6.54 Å². The minimum Gasteiger partial charge on any atom is -0.339 e. The van der Waals surface area contributed by atoms with Gasteiger partial charge in [-0.2, -0.15) is 4.98 Å². The van der Waals surface area contributed by atoms with Crippen molar-refractivity contribution < 1.29 is 4.52 Å². The molecule has 122 valence electrons. The molecule has 3 heterocycles. The van der Waals surface area contributed by atoms with Crippen molar-refractivity contribution >= 4 is 0 Å². The molecule has 2 aromatic heterocycles. The van der Waals surface area contributed by atoms with Crippen molar-refractivity contribution in [2.24, 2.45) is 0 Å². The lowest BCUT2D eigenvalue weighted by molar-refractivity contribution is 0.186. The van der Waals surface area contributed by atoms with Crippen molar-refractivity contribution in [3.63, 3.8) is 0 Å². The fourth-order valence-electron chi connectivity index (χ4n) is 3.16. The molecule has 0 radical (unpaired) electrons. The number of likely N-dealkylation sites (tertiary alicyclic amines) is 1. The number of hydrogen-bond donors (Lipinski definition) is 0. The largest absolute Gasteiger partial charge is 0.339 e. The van der Waals surface area contributed by atoms with Gasteiger partial charge in [0.1, 0.15) is 0 Å². The minimum atomic E-state index is 0.356. The monoisotopic (exact) mass is 320 g/mol. The molecule has 1 aliphatic heterocycles. The number of nitrogens with zero attached hydrogens (tertiary/aromatic N) is 4. The van der Waals surface area contributed by atoms with Gasteiger partial charge >= 0.3 is 0 Å². The maximum atomic E-state index is 5.52. The predicted octanol–water partition coefficient (Wildman–Crippen LogP) is 3.51. The molecule has 1 aliphatic rings. The van der Waals surface area contributed by atoms with Crippen LogP contribution < -0.4 is 0 Å². The van der Waals surface area contributed by atoms with E-state index in [1.165, 1.54) is 0 Å². The highest BCUT2D eigenvalue weighted by molar-refractivity contribution is 5.53. The number of piperidine rings is 1. The van der Waals surface area contributed by atoms with Crippen LogP contribution in [0.15, 0.2) is 59.3 Å². The molecule has 5 nitrogen and oxygen atoms in total. The number of pyridine rings is 1. The van der Waals surface area contributed by atoms with Crippen molar-refractivity contribution in [3.8, 4) is 11.4 Å². The Labute approximate surface area is 141 Å². The molecule has 3 aromatic rings. The molecule has 24 heavy (non-hydrogen) atoms. The average molecular weight is 320 g/mol. The van der Waals surface area contributed by atoms with E-state index in [1.807, 2.05) is 48.7 Å². The van der Waals surface area contributed by atoms with Crippen molar-refractivity contribution in [2.75, 3.05) is 13.1 Å². The molecule has 1 aromatic carbocycles. The van der Waals surface area contributed by atoms with Crippen LogP contribution in [0.1, 0.15) is 30.3 Å². The zero-order valence-corrected chi connectivity index (χ0v) is 13.5. The highest BCUT2D eigenvalue weighted by atomic mass is 16.5. The summed E-state index contributed by atoms with van der Waals surface area (Å²) < 4.78 is 5.52. The number of rotatable bonds is 4. The first-order valence-electron chi connectivity index (χ1n) is 8.40. The first kappa shape index (κ1) is 15.0. The Morgan fingerprint density at radius 1 is 1.00 bits per heavy atom. The molecule has 0 bridgehead atoms. The average Bonchev–Trinajstić information content (AvgIpc) is 3.14. The quantitative estimate of drug-likeness (QED) is 0.736. The Morgan fingerprint density at radius 2 is 1.79 bits per heavy atom. The SMILES string of the molecule is c1ccc(-c2noc(C3CCN(Cc4ccccn4)CC3)n2)cc1. The Balaban J connectivity index is 1.37. The molecule has 5 heteroatoms. The van der Waals surface area contributed by atoms with E-state index in [2.05, 4.69) is 26.1 Å². The standard InChI is InChI=1S/C19H20N4O/c1-2-6-15(7-3-1)18-21-19(24-22-18)16-9-12-23(13-10-16)14-17-8-4-5-11-20-17/h1-8,11,16H,9-10,12-14H2. The summed E-state index contributed by atoms with van der Waals surface area (Å²) in [6.45, 7) is 2.97. The van der Waals surface area contributed by atoms with Gasteiger partial charge in [0.05, 0.1) is 5.69 Å². The van der Waals surface area contributed by atoms with Crippen LogP contribution in [-0.4, -0.2) is 33.1 Å². The second-order valence-electron chi connectivity index (χ2n) is 6.19. The number of aromatic nitrogens is 3. The first-order chi connectivity index (χ1) is 11.9. The Bertz CT molecular complexity index is 764. The molecular weight excluding hydrogens is 300 g/mol. The summed E-state index contributed by atoms with van der Waals surface area (Å²) in [4.78, 5) is 11.4. The summed E-state index contributed by atoms with van der Waals surface area (Å²) in [5.74, 6) is 1.81. The van der Waals surface area contributed by atoms with E-state index >= 15 is 0 Å². The zero-order chi connectivity index (χ0) is 16.2. The van der Waals surface area contributed by atoms with Gasteiger partial charge in [0.15, 0.2) is 0 Å². The van der Waals surface area contributed by atoms with Gasteiger partial charge in [0.2, 0.25) is 11.7 Å². The van der Waals surface area contributed by atoms with E-state index in [0.717, 1.165) is 49.6 Å².